The zero-order valence-corrected chi connectivity index (χ0v) is 19.5. The fourth-order valence-corrected chi connectivity index (χ4v) is 4.03. The highest BCUT2D eigenvalue weighted by molar-refractivity contribution is 8.04. The summed E-state index contributed by atoms with van der Waals surface area (Å²) in [6, 6.07) is 7.26. The molecule has 32 heavy (non-hydrogen) atoms. The van der Waals surface area contributed by atoms with E-state index >= 15 is 0 Å². The summed E-state index contributed by atoms with van der Waals surface area (Å²) < 4.78 is 10.7. The summed E-state index contributed by atoms with van der Waals surface area (Å²) in [6.07, 6.45) is 7.57. The minimum atomic E-state index is -0.00943. The number of Topliss-reactive ketones (excluding diaryl/α,β-unsaturated/α-hetero) is 1. The summed E-state index contributed by atoms with van der Waals surface area (Å²) in [5.41, 5.74) is 2.22. The highest BCUT2D eigenvalue weighted by Gasteiger charge is 2.28. The minimum absolute atomic E-state index is 0.00943. The number of ketones is 1. The lowest BCUT2D eigenvalue weighted by molar-refractivity contribution is -0.121. The highest BCUT2D eigenvalue weighted by Crippen LogP contribution is 2.33. The van der Waals surface area contributed by atoms with Crippen molar-refractivity contribution in [2.75, 3.05) is 26.1 Å². The lowest BCUT2D eigenvalue weighted by Gasteiger charge is -2.22. The van der Waals surface area contributed by atoms with Gasteiger partial charge < -0.3 is 14.5 Å². The molecule has 172 valence electrons. The van der Waals surface area contributed by atoms with Crippen LogP contribution in [0.1, 0.15) is 48.0 Å². The Morgan fingerprint density at radius 3 is 2.66 bits per heavy atom. The number of aldehydes is 1. The quantitative estimate of drug-likeness (QED) is 0.245. The molecular weight excluding hydrogens is 426 g/mol. The van der Waals surface area contributed by atoms with Crippen LogP contribution >= 0.6 is 11.8 Å². The van der Waals surface area contributed by atoms with Gasteiger partial charge in [-0.1, -0.05) is 13.3 Å². The molecule has 0 aliphatic carbocycles. The maximum atomic E-state index is 12.8. The third-order valence-corrected chi connectivity index (χ3v) is 5.91. The van der Waals surface area contributed by atoms with Crippen LogP contribution in [-0.4, -0.2) is 49.9 Å². The molecule has 0 unspecified atom stereocenters. The van der Waals surface area contributed by atoms with Gasteiger partial charge in [0, 0.05) is 42.5 Å². The van der Waals surface area contributed by atoms with E-state index in [2.05, 4.69) is 28.9 Å². The molecule has 3 heterocycles. The Hall–Kier alpha value is -2.55. The number of thioether (sulfide) groups is 1. The minimum Gasteiger partial charge on any atom is -0.463 e. The van der Waals surface area contributed by atoms with Gasteiger partial charge in [-0.15, -0.1) is 11.8 Å². The van der Waals surface area contributed by atoms with Crippen LogP contribution < -0.4 is 5.32 Å². The summed E-state index contributed by atoms with van der Waals surface area (Å²) in [7, 11) is 1.84. The SMILES string of the molecule is C=N/C(=C(\SCNC)C(=O)C1CCOCC1)c1ccco1.CCCc1ccc(C=O)cn1. The van der Waals surface area contributed by atoms with E-state index in [1.54, 1.807) is 30.7 Å². The molecule has 1 fully saturated rings. The first kappa shape index (κ1) is 25.7. The number of aliphatic imine (C=N–C) groups is 1. The summed E-state index contributed by atoms with van der Waals surface area (Å²) in [5.74, 6) is 1.30. The van der Waals surface area contributed by atoms with Crippen molar-refractivity contribution >= 4 is 36.2 Å². The molecule has 1 saturated heterocycles. The van der Waals surface area contributed by atoms with Crippen molar-refractivity contribution < 1.29 is 18.7 Å². The lowest BCUT2D eigenvalue weighted by Crippen LogP contribution is -2.25. The van der Waals surface area contributed by atoms with Gasteiger partial charge in [-0.3, -0.25) is 19.6 Å². The molecule has 1 N–H and O–H groups in total. The van der Waals surface area contributed by atoms with Crippen molar-refractivity contribution in [3.8, 4) is 0 Å². The van der Waals surface area contributed by atoms with E-state index in [9.17, 15) is 9.59 Å². The zero-order valence-electron chi connectivity index (χ0n) is 18.7. The van der Waals surface area contributed by atoms with Crippen LogP contribution in [0.5, 0.6) is 0 Å². The first-order valence-electron chi connectivity index (χ1n) is 10.7. The number of nitrogens with one attached hydrogen (secondary N) is 1. The van der Waals surface area contributed by atoms with Crippen molar-refractivity contribution in [1.82, 2.24) is 10.3 Å². The van der Waals surface area contributed by atoms with Crippen LogP contribution in [0, 0.1) is 5.92 Å². The van der Waals surface area contributed by atoms with Crippen molar-refractivity contribution in [2.24, 2.45) is 10.9 Å². The van der Waals surface area contributed by atoms with Gasteiger partial charge in [-0.05, 0) is 57.3 Å². The highest BCUT2D eigenvalue weighted by atomic mass is 32.2. The number of ether oxygens (including phenoxy) is 1. The molecular formula is C24H31N3O4S. The molecule has 2 aromatic heterocycles. The predicted molar refractivity (Wildman–Crippen MR) is 129 cm³/mol. The van der Waals surface area contributed by atoms with Crippen LogP contribution in [-0.2, 0) is 16.0 Å². The van der Waals surface area contributed by atoms with Crippen molar-refractivity contribution in [1.29, 1.82) is 0 Å². The number of hydrogen-bond donors (Lipinski definition) is 1. The molecule has 0 atom stereocenters. The fourth-order valence-electron chi connectivity index (χ4n) is 3.13. The van der Waals surface area contributed by atoms with Crippen molar-refractivity contribution in [3.05, 3.63) is 58.6 Å². The van der Waals surface area contributed by atoms with Crippen LogP contribution in [0.25, 0.3) is 5.70 Å². The number of carbonyl (C=O) groups excluding carboxylic acids is 2. The molecule has 0 aromatic carbocycles. The van der Waals surface area contributed by atoms with Crippen LogP contribution in [0.15, 0.2) is 51.0 Å². The number of furan rings is 1. The maximum Gasteiger partial charge on any atom is 0.174 e. The van der Waals surface area contributed by atoms with E-state index in [0.29, 0.717) is 41.0 Å². The third kappa shape index (κ3) is 7.85. The fraction of sp³-hybridized carbons (Fsp3) is 0.417. The van der Waals surface area contributed by atoms with E-state index in [0.717, 1.165) is 37.7 Å². The van der Waals surface area contributed by atoms with E-state index in [1.807, 2.05) is 13.1 Å². The second-order valence-electron chi connectivity index (χ2n) is 7.16. The molecule has 0 bridgehead atoms. The van der Waals surface area contributed by atoms with E-state index in [4.69, 9.17) is 9.15 Å². The average molecular weight is 458 g/mol. The van der Waals surface area contributed by atoms with Gasteiger partial charge in [0.05, 0.1) is 11.2 Å². The Labute approximate surface area is 193 Å². The molecule has 0 amide bonds. The number of pyridine rings is 1. The third-order valence-electron chi connectivity index (χ3n) is 4.79. The zero-order chi connectivity index (χ0) is 23.2. The van der Waals surface area contributed by atoms with Crippen molar-refractivity contribution in [3.63, 3.8) is 0 Å². The average Bonchev–Trinajstić information content (AvgIpc) is 3.37. The molecule has 1 aliphatic heterocycles. The Morgan fingerprint density at radius 1 is 1.34 bits per heavy atom. The van der Waals surface area contributed by atoms with Crippen LogP contribution in [0.2, 0.25) is 0 Å². The molecule has 0 saturated carbocycles. The Bertz CT molecular complexity index is 873. The van der Waals surface area contributed by atoms with Gasteiger partial charge in [-0.25, -0.2) is 0 Å². The lowest BCUT2D eigenvalue weighted by atomic mass is 9.94. The van der Waals surface area contributed by atoms with E-state index in [1.165, 1.54) is 11.8 Å². The first-order valence-corrected chi connectivity index (χ1v) is 11.7. The molecule has 0 spiro atoms. The molecule has 8 heteroatoms. The second-order valence-corrected chi connectivity index (χ2v) is 8.14. The van der Waals surface area contributed by atoms with Gasteiger partial charge in [0.2, 0.25) is 0 Å². The molecule has 0 radical (unpaired) electrons. The maximum absolute atomic E-state index is 12.8. The predicted octanol–water partition coefficient (Wildman–Crippen LogP) is 4.40. The second kappa shape index (κ2) is 14.5. The number of hydrogen-bond acceptors (Lipinski definition) is 8. The largest absolute Gasteiger partial charge is 0.463 e. The Morgan fingerprint density at radius 2 is 2.12 bits per heavy atom. The van der Waals surface area contributed by atoms with E-state index < -0.39 is 0 Å². The van der Waals surface area contributed by atoms with Crippen molar-refractivity contribution in [2.45, 2.75) is 32.6 Å². The number of carbonyl (C=O) groups is 2. The molecule has 7 nitrogen and oxygen atoms in total. The number of allylic oxidation sites excluding steroid dienone is 1. The monoisotopic (exact) mass is 457 g/mol. The van der Waals surface area contributed by atoms with Gasteiger partial charge in [0.1, 0.15) is 5.70 Å². The number of rotatable bonds is 10. The normalized spacial score (nSPS) is 14.7. The Balaban J connectivity index is 0.000000278. The smallest absolute Gasteiger partial charge is 0.174 e. The first-order chi connectivity index (χ1) is 15.6. The standard InChI is InChI=1S/C15H20N2O3S.C9H11NO/c1-16-10-21-15(13(17-2)12-4-3-7-20-12)14(18)11-5-8-19-9-6-11;1-2-3-9-5-4-8(7-11)6-10-9/h3-4,7,11,16H,2,5-6,8-10H2,1H3;4-7H,2-3H2,1H3/b15-13-;. The van der Waals surface area contributed by atoms with Gasteiger partial charge in [-0.2, -0.15) is 0 Å². The number of nitrogens with zero attached hydrogens (tertiary/aromatic N) is 2. The van der Waals surface area contributed by atoms with Gasteiger partial charge in [0.25, 0.3) is 0 Å². The van der Waals surface area contributed by atoms with Gasteiger partial charge >= 0.3 is 0 Å². The number of aromatic nitrogens is 1. The molecule has 3 rings (SSSR count). The Kier molecular flexibility index (Phi) is 11.6. The van der Waals surface area contributed by atoms with Crippen LogP contribution in [0.3, 0.4) is 0 Å². The summed E-state index contributed by atoms with van der Waals surface area (Å²) in [6.45, 7) is 6.98. The topological polar surface area (TPSA) is 93.8 Å². The summed E-state index contributed by atoms with van der Waals surface area (Å²) in [5, 5.41) is 3.04. The summed E-state index contributed by atoms with van der Waals surface area (Å²) >= 11 is 1.44. The number of aryl methyl sites for hydroxylation is 1. The summed E-state index contributed by atoms with van der Waals surface area (Å²) in [4.78, 5) is 31.8. The van der Waals surface area contributed by atoms with Crippen LogP contribution in [0.4, 0.5) is 0 Å². The molecule has 1 aliphatic rings. The molecule has 2 aromatic rings. The van der Waals surface area contributed by atoms with Gasteiger partial charge in [0.15, 0.2) is 17.8 Å². The van der Waals surface area contributed by atoms with E-state index in [-0.39, 0.29) is 11.7 Å².